The Labute approximate surface area is 126 Å². The summed E-state index contributed by atoms with van der Waals surface area (Å²) in [6.07, 6.45) is 1.06. The van der Waals surface area contributed by atoms with E-state index in [4.69, 9.17) is 0 Å². The first-order valence-corrected chi connectivity index (χ1v) is 7.28. The Morgan fingerprint density at radius 3 is 2.33 bits per heavy atom. The van der Waals surface area contributed by atoms with Gasteiger partial charge in [-0.1, -0.05) is 37.3 Å². The lowest BCUT2D eigenvalue weighted by Gasteiger charge is -2.11. The molecule has 0 fully saturated rings. The van der Waals surface area contributed by atoms with Crippen molar-refractivity contribution in [1.29, 1.82) is 0 Å². The molecule has 21 heavy (non-hydrogen) atoms. The van der Waals surface area contributed by atoms with E-state index in [0.717, 1.165) is 24.2 Å². The van der Waals surface area contributed by atoms with E-state index in [-0.39, 0.29) is 5.91 Å². The number of amides is 1. The van der Waals surface area contributed by atoms with Crippen molar-refractivity contribution < 1.29 is 4.79 Å². The van der Waals surface area contributed by atoms with E-state index in [1.165, 1.54) is 11.1 Å². The van der Waals surface area contributed by atoms with E-state index in [2.05, 4.69) is 41.8 Å². The number of anilines is 1. The van der Waals surface area contributed by atoms with Gasteiger partial charge in [0.1, 0.15) is 0 Å². The highest BCUT2D eigenvalue weighted by atomic mass is 16.1. The van der Waals surface area contributed by atoms with Crippen LogP contribution >= 0.6 is 0 Å². The summed E-state index contributed by atoms with van der Waals surface area (Å²) in [4.78, 5) is 11.7. The average Bonchev–Trinajstić information content (AvgIpc) is 2.53. The first kappa shape index (κ1) is 15.1. The Kier molecular flexibility index (Phi) is 4.99. The summed E-state index contributed by atoms with van der Waals surface area (Å²) < 4.78 is 0. The zero-order chi connectivity index (χ0) is 15.2. The summed E-state index contributed by atoms with van der Waals surface area (Å²) in [5.41, 5.74) is 5.38. The quantitative estimate of drug-likeness (QED) is 0.881. The molecule has 3 nitrogen and oxygen atoms in total. The standard InChI is InChI=1S/C18H22N2O/c1-4-14-6-8-15(9-7-14)12-20-17-11-16(18(21)19-3)10-5-13(17)2/h5-11,20H,4,12H2,1-3H3,(H,19,21). The van der Waals surface area contributed by atoms with Crippen molar-refractivity contribution in [1.82, 2.24) is 5.32 Å². The van der Waals surface area contributed by atoms with Crippen LogP contribution in [0.2, 0.25) is 0 Å². The van der Waals surface area contributed by atoms with Gasteiger partial charge in [0.25, 0.3) is 5.91 Å². The zero-order valence-electron chi connectivity index (χ0n) is 12.9. The van der Waals surface area contributed by atoms with Crippen LogP contribution in [0.15, 0.2) is 42.5 Å². The van der Waals surface area contributed by atoms with Crippen LogP contribution in [-0.2, 0) is 13.0 Å². The normalized spacial score (nSPS) is 10.2. The number of aryl methyl sites for hydroxylation is 2. The van der Waals surface area contributed by atoms with Gasteiger partial charge in [0.2, 0.25) is 0 Å². The maximum atomic E-state index is 11.7. The SMILES string of the molecule is CCc1ccc(CNc2cc(C(=O)NC)ccc2C)cc1. The lowest BCUT2D eigenvalue weighted by Crippen LogP contribution is -2.18. The van der Waals surface area contributed by atoms with Gasteiger partial charge >= 0.3 is 0 Å². The molecule has 0 aliphatic heterocycles. The third-order valence-electron chi connectivity index (χ3n) is 3.64. The fourth-order valence-electron chi connectivity index (χ4n) is 2.19. The van der Waals surface area contributed by atoms with E-state index in [1.807, 2.05) is 25.1 Å². The number of carbonyl (C=O) groups excluding carboxylic acids is 1. The molecule has 1 amide bonds. The Bertz CT molecular complexity index is 618. The first-order valence-electron chi connectivity index (χ1n) is 7.28. The van der Waals surface area contributed by atoms with Crippen LogP contribution in [0.1, 0.15) is 34.0 Å². The molecule has 0 bridgehead atoms. The van der Waals surface area contributed by atoms with E-state index in [1.54, 1.807) is 7.05 Å². The van der Waals surface area contributed by atoms with Crippen molar-refractivity contribution in [3.63, 3.8) is 0 Å². The lowest BCUT2D eigenvalue weighted by molar-refractivity contribution is 0.0963. The van der Waals surface area contributed by atoms with Crippen molar-refractivity contribution in [2.75, 3.05) is 12.4 Å². The number of nitrogens with one attached hydrogen (secondary N) is 2. The zero-order valence-corrected chi connectivity index (χ0v) is 12.9. The highest BCUT2D eigenvalue weighted by Gasteiger charge is 2.06. The van der Waals surface area contributed by atoms with Crippen LogP contribution < -0.4 is 10.6 Å². The maximum absolute atomic E-state index is 11.7. The predicted molar refractivity (Wildman–Crippen MR) is 87.7 cm³/mol. The molecule has 0 aromatic heterocycles. The van der Waals surface area contributed by atoms with Gasteiger partial charge in [0.15, 0.2) is 0 Å². The second-order valence-corrected chi connectivity index (χ2v) is 5.13. The largest absolute Gasteiger partial charge is 0.381 e. The molecule has 2 aromatic rings. The minimum absolute atomic E-state index is 0.0645. The highest BCUT2D eigenvalue weighted by Crippen LogP contribution is 2.18. The number of hydrogen-bond acceptors (Lipinski definition) is 2. The van der Waals surface area contributed by atoms with Gasteiger partial charge in [-0.15, -0.1) is 0 Å². The molecule has 0 radical (unpaired) electrons. The summed E-state index contributed by atoms with van der Waals surface area (Å²) in [5, 5.41) is 6.05. The van der Waals surface area contributed by atoms with Crippen LogP contribution in [0.25, 0.3) is 0 Å². The summed E-state index contributed by atoms with van der Waals surface area (Å²) in [7, 11) is 1.64. The fourth-order valence-corrected chi connectivity index (χ4v) is 2.19. The second-order valence-electron chi connectivity index (χ2n) is 5.13. The molecule has 0 saturated carbocycles. The summed E-state index contributed by atoms with van der Waals surface area (Å²) >= 11 is 0. The molecule has 0 spiro atoms. The Morgan fingerprint density at radius 1 is 1.05 bits per heavy atom. The second kappa shape index (κ2) is 6.93. The first-order chi connectivity index (χ1) is 10.1. The van der Waals surface area contributed by atoms with Crippen LogP contribution in [0.5, 0.6) is 0 Å². The van der Waals surface area contributed by atoms with Crippen molar-refractivity contribution in [3.05, 3.63) is 64.7 Å². The Hall–Kier alpha value is -2.29. The summed E-state index contributed by atoms with van der Waals surface area (Å²) in [5.74, 6) is -0.0645. The molecule has 2 rings (SSSR count). The fraction of sp³-hybridized carbons (Fsp3) is 0.278. The van der Waals surface area contributed by atoms with Gasteiger partial charge in [-0.3, -0.25) is 4.79 Å². The van der Waals surface area contributed by atoms with E-state index in [0.29, 0.717) is 5.56 Å². The molecule has 0 heterocycles. The van der Waals surface area contributed by atoms with Gasteiger partial charge in [-0.05, 0) is 42.2 Å². The molecule has 0 atom stereocenters. The van der Waals surface area contributed by atoms with E-state index >= 15 is 0 Å². The third kappa shape index (κ3) is 3.85. The summed E-state index contributed by atoms with van der Waals surface area (Å²) in [6.45, 7) is 4.94. The van der Waals surface area contributed by atoms with Crippen molar-refractivity contribution in [2.24, 2.45) is 0 Å². The summed E-state index contributed by atoms with van der Waals surface area (Å²) in [6, 6.07) is 14.3. The molecule has 0 aliphatic carbocycles. The maximum Gasteiger partial charge on any atom is 0.251 e. The van der Waals surface area contributed by atoms with Gasteiger partial charge in [0, 0.05) is 24.8 Å². The minimum atomic E-state index is -0.0645. The molecule has 3 heteroatoms. The van der Waals surface area contributed by atoms with Gasteiger partial charge in [0.05, 0.1) is 0 Å². The minimum Gasteiger partial charge on any atom is -0.381 e. The van der Waals surface area contributed by atoms with Crippen LogP contribution in [-0.4, -0.2) is 13.0 Å². The molecular weight excluding hydrogens is 260 g/mol. The van der Waals surface area contributed by atoms with Crippen LogP contribution in [0, 0.1) is 6.92 Å². The number of rotatable bonds is 5. The topological polar surface area (TPSA) is 41.1 Å². The van der Waals surface area contributed by atoms with E-state index in [9.17, 15) is 4.79 Å². The monoisotopic (exact) mass is 282 g/mol. The average molecular weight is 282 g/mol. The molecular formula is C18H22N2O. The van der Waals surface area contributed by atoms with Crippen molar-refractivity contribution in [2.45, 2.75) is 26.8 Å². The van der Waals surface area contributed by atoms with Gasteiger partial charge in [-0.25, -0.2) is 0 Å². The van der Waals surface area contributed by atoms with E-state index < -0.39 is 0 Å². The number of benzene rings is 2. The lowest BCUT2D eigenvalue weighted by atomic mass is 10.1. The smallest absolute Gasteiger partial charge is 0.251 e. The van der Waals surface area contributed by atoms with Gasteiger partial charge < -0.3 is 10.6 Å². The van der Waals surface area contributed by atoms with Crippen LogP contribution in [0.4, 0.5) is 5.69 Å². The molecule has 2 N–H and O–H groups in total. The molecule has 110 valence electrons. The Morgan fingerprint density at radius 2 is 1.71 bits per heavy atom. The molecule has 0 saturated heterocycles. The molecule has 0 unspecified atom stereocenters. The van der Waals surface area contributed by atoms with Crippen molar-refractivity contribution >= 4 is 11.6 Å². The van der Waals surface area contributed by atoms with Crippen LogP contribution in [0.3, 0.4) is 0 Å². The van der Waals surface area contributed by atoms with Gasteiger partial charge in [-0.2, -0.15) is 0 Å². The number of carbonyl (C=O) groups is 1. The third-order valence-corrected chi connectivity index (χ3v) is 3.64. The predicted octanol–water partition coefficient (Wildman–Crippen LogP) is 3.53. The Balaban J connectivity index is 2.09. The highest BCUT2D eigenvalue weighted by molar-refractivity contribution is 5.95. The number of hydrogen-bond donors (Lipinski definition) is 2. The molecule has 0 aliphatic rings. The van der Waals surface area contributed by atoms with Crippen molar-refractivity contribution in [3.8, 4) is 0 Å². The molecule has 2 aromatic carbocycles.